The lowest BCUT2D eigenvalue weighted by Crippen LogP contribution is -2.12. The first-order valence-electron chi connectivity index (χ1n) is 10.7. The summed E-state index contributed by atoms with van der Waals surface area (Å²) in [6.07, 6.45) is -3.74. The normalized spacial score (nSPS) is 12.5. The second-order valence-electron chi connectivity index (χ2n) is 8.44. The predicted molar refractivity (Wildman–Crippen MR) is 123 cm³/mol. The highest BCUT2D eigenvalue weighted by atomic mass is 19.4. The van der Waals surface area contributed by atoms with Crippen molar-refractivity contribution in [2.45, 2.75) is 39.3 Å². The average molecular weight is 457 g/mol. The molecule has 0 saturated carbocycles. The standard InChI is InChI=1S/C27H27F3O3/c1-17(2)13-26(18(3)31)21-14-20(19-5-7-22(8-6-19)27(28,29)30)15-25(16-21)33-24-11-9-23(32-4)10-12-24/h5-12,14-17,26H,13H2,1-4H3. The summed E-state index contributed by atoms with van der Waals surface area (Å²) in [7, 11) is 1.58. The maximum atomic E-state index is 13.0. The van der Waals surface area contributed by atoms with E-state index in [0.717, 1.165) is 17.7 Å². The lowest BCUT2D eigenvalue weighted by molar-refractivity contribution is -0.137. The molecule has 0 radical (unpaired) electrons. The number of halogens is 3. The molecule has 0 aliphatic rings. The van der Waals surface area contributed by atoms with Crippen LogP contribution < -0.4 is 9.47 Å². The minimum atomic E-state index is -4.40. The molecule has 3 rings (SSSR count). The summed E-state index contributed by atoms with van der Waals surface area (Å²) in [6, 6.07) is 17.5. The summed E-state index contributed by atoms with van der Waals surface area (Å²) in [5, 5.41) is 0. The summed E-state index contributed by atoms with van der Waals surface area (Å²) in [5.74, 6) is 1.76. The Hall–Kier alpha value is -3.28. The van der Waals surface area contributed by atoms with Crippen molar-refractivity contribution in [3.05, 3.63) is 77.9 Å². The maximum Gasteiger partial charge on any atom is 0.416 e. The lowest BCUT2D eigenvalue weighted by Gasteiger charge is -2.19. The van der Waals surface area contributed by atoms with Crippen LogP contribution in [0.2, 0.25) is 0 Å². The fourth-order valence-corrected chi connectivity index (χ4v) is 3.69. The molecular weight excluding hydrogens is 429 g/mol. The third-order valence-corrected chi connectivity index (χ3v) is 5.37. The molecule has 1 atom stereocenters. The topological polar surface area (TPSA) is 35.5 Å². The van der Waals surface area contributed by atoms with E-state index in [2.05, 4.69) is 0 Å². The van der Waals surface area contributed by atoms with Crippen molar-refractivity contribution in [2.24, 2.45) is 5.92 Å². The zero-order valence-electron chi connectivity index (χ0n) is 19.1. The quantitative estimate of drug-likeness (QED) is 0.346. The van der Waals surface area contributed by atoms with Gasteiger partial charge in [0.15, 0.2) is 0 Å². The van der Waals surface area contributed by atoms with E-state index >= 15 is 0 Å². The van der Waals surface area contributed by atoms with Crippen LogP contribution in [0.5, 0.6) is 17.2 Å². The Balaban J connectivity index is 2.05. The number of Topliss-reactive ketones (excluding diaryl/α,β-unsaturated/α-hetero) is 1. The molecule has 1 unspecified atom stereocenters. The first kappa shape index (κ1) is 24.4. The molecule has 3 aromatic carbocycles. The second-order valence-corrected chi connectivity index (χ2v) is 8.44. The van der Waals surface area contributed by atoms with E-state index in [9.17, 15) is 18.0 Å². The van der Waals surface area contributed by atoms with Gasteiger partial charge in [0.1, 0.15) is 23.0 Å². The molecule has 0 aromatic heterocycles. The number of rotatable bonds is 8. The van der Waals surface area contributed by atoms with Crippen LogP contribution in [-0.4, -0.2) is 12.9 Å². The second kappa shape index (κ2) is 10.1. The number of alkyl halides is 3. The number of hydrogen-bond donors (Lipinski definition) is 0. The van der Waals surface area contributed by atoms with Gasteiger partial charge in [0.2, 0.25) is 0 Å². The van der Waals surface area contributed by atoms with Gasteiger partial charge in [0.05, 0.1) is 12.7 Å². The Labute approximate surface area is 192 Å². The summed E-state index contributed by atoms with van der Waals surface area (Å²) in [6.45, 7) is 5.65. The van der Waals surface area contributed by atoms with Crippen molar-refractivity contribution in [3.8, 4) is 28.4 Å². The van der Waals surface area contributed by atoms with Crippen LogP contribution in [0.4, 0.5) is 13.2 Å². The van der Waals surface area contributed by atoms with Gasteiger partial charge < -0.3 is 9.47 Å². The molecule has 174 valence electrons. The first-order valence-corrected chi connectivity index (χ1v) is 10.7. The minimum absolute atomic E-state index is 0.0312. The molecule has 0 amide bonds. The van der Waals surface area contributed by atoms with Crippen molar-refractivity contribution in [3.63, 3.8) is 0 Å². The summed E-state index contributed by atoms with van der Waals surface area (Å²) in [5.41, 5.74) is 1.35. The van der Waals surface area contributed by atoms with Crippen molar-refractivity contribution in [1.29, 1.82) is 0 Å². The molecule has 0 aliphatic heterocycles. The van der Waals surface area contributed by atoms with Gasteiger partial charge in [-0.3, -0.25) is 4.79 Å². The van der Waals surface area contributed by atoms with Crippen molar-refractivity contribution in [1.82, 2.24) is 0 Å². The molecule has 0 heterocycles. The molecule has 0 spiro atoms. The van der Waals surface area contributed by atoms with E-state index in [0.29, 0.717) is 40.7 Å². The fourth-order valence-electron chi connectivity index (χ4n) is 3.69. The molecule has 0 bridgehead atoms. The van der Waals surface area contributed by atoms with Gasteiger partial charge in [-0.25, -0.2) is 0 Å². The Morgan fingerprint density at radius 3 is 1.97 bits per heavy atom. The highest BCUT2D eigenvalue weighted by Gasteiger charge is 2.30. The van der Waals surface area contributed by atoms with Gasteiger partial charge in [-0.15, -0.1) is 0 Å². The van der Waals surface area contributed by atoms with Crippen LogP contribution in [0, 0.1) is 5.92 Å². The number of hydrogen-bond acceptors (Lipinski definition) is 3. The van der Waals surface area contributed by atoms with Crippen LogP contribution >= 0.6 is 0 Å². The van der Waals surface area contributed by atoms with Crippen molar-refractivity contribution < 1.29 is 27.4 Å². The summed E-state index contributed by atoms with van der Waals surface area (Å²) < 4.78 is 50.2. The number of carbonyl (C=O) groups excluding carboxylic acids is 1. The Bertz CT molecular complexity index is 1090. The molecule has 0 aliphatic carbocycles. The summed E-state index contributed by atoms with van der Waals surface area (Å²) in [4.78, 5) is 12.4. The molecule has 0 fully saturated rings. The zero-order chi connectivity index (χ0) is 24.2. The van der Waals surface area contributed by atoms with E-state index in [1.165, 1.54) is 12.1 Å². The average Bonchev–Trinajstić information content (AvgIpc) is 2.77. The highest BCUT2D eigenvalue weighted by molar-refractivity contribution is 5.84. The number of benzene rings is 3. The minimum Gasteiger partial charge on any atom is -0.497 e. The van der Waals surface area contributed by atoms with Crippen molar-refractivity contribution in [2.75, 3.05) is 7.11 Å². The monoisotopic (exact) mass is 456 g/mol. The Kier molecular flexibility index (Phi) is 7.46. The van der Waals surface area contributed by atoms with Crippen LogP contribution in [-0.2, 0) is 11.0 Å². The highest BCUT2D eigenvalue weighted by Crippen LogP contribution is 2.36. The van der Waals surface area contributed by atoms with E-state index in [1.807, 2.05) is 26.0 Å². The maximum absolute atomic E-state index is 13.0. The molecule has 33 heavy (non-hydrogen) atoms. The third-order valence-electron chi connectivity index (χ3n) is 5.37. The van der Waals surface area contributed by atoms with Crippen LogP contribution in [0.3, 0.4) is 0 Å². The van der Waals surface area contributed by atoms with Crippen LogP contribution in [0.15, 0.2) is 66.7 Å². The number of ether oxygens (including phenoxy) is 2. The Morgan fingerprint density at radius 2 is 1.45 bits per heavy atom. The lowest BCUT2D eigenvalue weighted by atomic mass is 9.86. The zero-order valence-corrected chi connectivity index (χ0v) is 19.1. The van der Waals surface area contributed by atoms with Gasteiger partial charge in [-0.05, 0) is 84.5 Å². The van der Waals surface area contributed by atoms with E-state index < -0.39 is 11.7 Å². The SMILES string of the molecule is COc1ccc(Oc2cc(-c3ccc(C(F)(F)F)cc3)cc(C(CC(C)C)C(C)=O)c2)cc1. The molecular formula is C27H27F3O3. The van der Waals surface area contributed by atoms with Crippen LogP contribution in [0.25, 0.3) is 11.1 Å². The van der Waals surface area contributed by atoms with Gasteiger partial charge in [0, 0.05) is 5.92 Å². The fraction of sp³-hybridized carbons (Fsp3) is 0.296. The summed E-state index contributed by atoms with van der Waals surface area (Å²) >= 11 is 0. The molecule has 3 aromatic rings. The molecule has 6 heteroatoms. The predicted octanol–water partition coefficient (Wildman–Crippen LogP) is 7.89. The van der Waals surface area contributed by atoms with E-state index in [4.69, 9.17) is 9.47 Å². The number of carbonyl (C=O) groups is 1. The van der Waals surface area contributed by atoms with Gasteiger partial charge in [0.25, 0.3) is 0 Å². The van der Waals surface area contributed by atoms with Gasteiger partial charge >= 0.3 is 6.18 Å². The van der Waals surface area contributed by atoms with Crippen molar-refractivity contribution >= 4 is 5.78 Å². The number of ketones is 1. The number of methoxy groups -OCH3 is 1. The molecule has 0 saturated heterocycles. The third kappa shape index (κ3) is 6.37. The van der Waals surface area contributed by atoms with Gasteiger partial charge in [-0.1, -0.05) is 32.0 Å². The first-order chi connectivity index (χ1) is 15.6. The van der Waals surface area contributed by atoms with E-state index in [1.54, 1.807) is 44.4 Å². The molecule has 0 N–H and O–H groups in total. The Morgan fingerprint density at radius 1 is 0.848 bits per heavy atom. The van der Waals surface area contributed by atoms with E-state index in [-0.39, 0.29) is 11.7 Å². The van der Waals surface area contributed by atoms with Gasteiger partial charge in [-0.2, -0.15) is 13.2 Å². The largest absolute Gasteiger partial charge is 0.497 e. The smallest absolute Gasteiger partial charge is 0.416 e. The molecule has 3 nitrogen and oxygen atoms in total. The van der Waals surface area contributed by atoms with Crippen LogP contribution in [0.1, 0.15) is 44.2 Å².